The lowest BCUT2D eigenvalue weighted by molar-refractivity contribution is -0.126. The van der Waals surface area contributed by atoms with Crippen LogP contribution in [0.4, 0.5) is 15.8 Å². The molecule has 0 aliphatic heterocycles. The minimum Gasteiger partial charge on any atom is -0.452 e. The van der Waals surface area contributed by atoms with E-state index in [1.165, 1.54) is 36.4 Å². The molecule has 0 fully saturated rings. The molecule has 0 heterocycles. The van der Waals surface area contributed by atoms with Crippen LogP contribution in [0.5, 0.6) is 0 Å². The third-order valence-electron chi connectivity index (χ3n) is 3.22. The molecule has 4 N–H and O–H groups in total. The fraction of sp³-hybridized carbons (Fsp3) is 0.118. The Morgan fingerprint density at radius 1 is 1.07 bits per heavy atom. The number of carbonyl (C=O) groups is 3. The van der Waals surface area contributed by atoms with E-state index < -0.39 is 30.2 Å². The summed E-state index contributed by atoms with van der Waals surface area (Å²) in [5, 5.41) is 5.00. The number of hydrogen-bond acceptors (Lipinski definition) is 5. The van der Waals surface area contributed by atoms with Gasteiger partial charge in [0.25, 0.3) is 5.91 Å². The van der Waals surface area contributed by atoms with Crippen LogP contribution in [0, 0.1) is 5.82 Å². The standard InChI is InChI=1S/C17H14Cl2FN3O4/c18-9-5-12(16(21)13(19)6-9)17(26)27-8-15(25)22-7-14(24)23-11-3-1-10(20)2-4-11/h1-6H,7-8,21H2,(H,22,25)(H,23,24). The predicted octanol–water partition coefficient (Wildman–Crippen LogP) is 2.63. The van der Waals surface area contributed by atoms with Gasteiger partial charge in [-0.2, -0.15) is 0 Å². The van der Waals surface area contributed by atoms with E-state index in [9.17, 15) is 18.8 Å². The molecule has 0 unspecified atom stereocenters. The van der Waals surface area contributed by atoms with Gasteiger partial charge >= 0.3 is 5.97 Å². The van der Waals surface area contributed by atoms with Crippen LogP contribution in [-0.4, -0.2) is 30.9 Å². The zero-order valence-electron chi connectivity index (χ0n) is 13.7. The van der Waals surface area contributed by atoms with Crippen LogP contribution >= 0.6 is 23.2 Å². The van der Waals surface area contributed by atoms with Crippen LogP contribution in [0.2, 0.25) is 10.0 Å². The molecule has 0 aliphatic carbocycles. The summed E-state index contributed by atoms with van der Waals surface area (Å²) >= 11 is 11.6. The average Bonchev–Trinajstić information content (AvgIpc) is 2.62. The molecule has 10 heteroatoms. The van der Waals surface area contributed by atoms with Crippen molar-refractivity contribution in [1.29, 1.82) is 0 Å². The molecule has 0 radical (unpaired) electrons. The summed E-state index contributed by atoms with van der Waals surface area (Å²) in [6.07, 6.45) is 0. The zero-order chi connectivity index (χ0) is 20.0. The SMILES string of the molecule is Nc1c(Cl)cc(Cl)cc1C(=O)OCC(=O)NCC(=O)Nc1ccc(F)cc1. The van der Waals surface area contributed by atoms with Gasteiger partial charge in [-0.05, 0) is 36.4 Å². The number of halogens is 3. The number of ether oxygens (including phenoxy) is 1. The number of anilines is 2. The number of rotatable bonds is 6. The number of nitrogens with two attached hydrogens (primary N) is 1. The fourth-order valence-electron chi connectivity index (χ4n) is 1.93. The largest absolute Gasteiger partial charge is 0.452 e. The number of amides is 2. The van der Waals surface area contributed by atoms with E-state index in [4.69, 9.17) is 33.7 Å². The van der Waals surface area contributed by atoms with Crippen molar-refractivity contribution in [2.45, 2.75) is 0 Å². The molecule has 2 aromatic carbocycles. The third-order valence-corrected chi connectivity index (χ3v) is 3.75. The van der Waals surface area contributed by atoms with Gasteiger partial charge in [0.15, 0.2) is 6.61 Å². The van der Waals surface area contributed by atoms with Crippen LogP contribution in [0.1, 0.15) is 10.4 Å². The van der Waals surface area contributed by atoms with Crippen LogP contribution in [0.3, 0.4) is 0 Å². The predicted molar refractivity (Wildman–Crippen MR) is 99.2 cm³/mol. The Kier molecular flexibility index (Phi) is 6.98. The van der Waals surface area contributed by atoms with Gasteiger partial charge in [0.05, 0.1) is 22.8 Å². The van der Waals surface area contributed by atoms with E-state index in [0.29, 0.717) is 5.69 Å². The van der Waals surface area contributed by atoms with Gasteiger partial charge in [0.1, 0.15) is 5.82 Å². The number of nitrogens with one attached hydrogen (secondary N) is 2. The molecule has 2 amide bonds. The molecule has 2 aromatic rings. The molecule has 0 bridgehead atoms. The summed E-state index contributed by atoms with van der Waals surface area (Å²) in [5.74, 6) is -2.57. The van der Waals surface area contributed by atoms with Gasteiger partial charge in [-0.3, -0.25) is 9.59 Å². The Bertz CT molecular complexity index is 875. The first-order chi connectivity index (χ1) is 12.8. The molecule has 0 saturated carbocycles. The Hall–Kier alpha value is -2.84. The van der Waals surface area contributed by atoms with Gasteiger partial charge in [-0.1, -0.05) is 23.2 Å². The van der Waals surface area contributed by atoms with E-state index in [-0.39, 0.29) is 27.8 Å². The second kappa shape index (κ2) is 9.20. The average molecular weight is 414 g/mol. The summed E-state index contributed by atoms with van der Waals surface area (Å²) in [7, 11) is 0. The molecule has 0 saturated heterocycles. The molecule has 0 atom stereocenters. The maximum Gasteiger partial charge on any atom is 0.340 e. The van der Waals surface area contributed by atoms with Gasteiger partial charge in [0.2, 0.25) is 5.91 Å². The number of carbonyl (C=O) groups excluding carboxylic acids is 3. The maximum atomic E-state index is 12.8. The van der Waals surface area contributed by atoms with E-state index >= 15 is 0 Å². The highest BCUT2D eigenvalue weighted by Gasteiger charge is 2.16. The first-order valence-electron chi connectivity index (χ1n) is 7.50. The molecule has 2 rings (SSSR count). The van der Waals surface area contributed by atoms with Crippen molar-refractivity contribution in [1.82, 2.24) is 5.32 Å². The van der Waals surface area contributed by atoms with Crippen molar-refractivity contribution in [3.05, 3.63) is 57.8 Å². The van der Waals surface area contributed by atoms with E-state index in [1.807, 2.05) is 0 Å². The third kappa shape index (κ3) is 6.12. The second-order valence-corrected chi connectivity index (χ2v) is 6.10. The minimum absolute atomic E-state index is 0.0230. The number of benzene rings is 2. The summed E-state index contributed by atoms with van der Waals surface area (Å²) in [5.41, 5.74) is 5.94. The van der Waals surface area contributed by atoms with Crippen molar-refractivity contribution in [2.75, 3.05) is 24.2 Å². The molecule has 0 aliphatic rings. The normalized spacial score (nSPS) is 10.2. The Balaban J connectivity index is 1.80. The Labute approximate surface area is 163 Å². The van der Waals surface area contributed by atoms with Crippen molar-refractivity contribution >= 4 is 52.4 Å². The minimum atomic E-state index is -0.886. The lowest BCUT2D eigenvalue weighted by atomic mass is 10.2. The van der Waals surface area contributed by atoms with Crippen LogP contribution < -0.4 is 16.4 Å². The summed E-state index contributed by atoms with van der Waals surface area (Å²) in [6.45, 7) is -0.995. The van der Waals surface area contributed by atoms with Crippen molar-refractivity contribution in [2.24, 2.45) is 0 Å². The van der Waals surface area contributed by atoms with Gasteiger partial charge < -0.3 is 21.1 Å². The summed E-state index contributed by atoms with van der Waals surface area (Å²) in [6, 6.07) is 7.73. The van der Waals surface area contributed by atoms with Crippen molar-refractivity contribution in [3.63, 3.8) is 0 Å². The highest BCUT2D eigenvalue weighted by Crippen LogP contribution is 2.27. The number of esters is 1. The quantitative estimate of drug-likeness (QED) is 0.497. The van der Waals surface area contributed by atoms with Crippen LogP contribution in [0.15, 0.2) is 36.4 Å². The molecule has 0 spiro atoms. The topological polar surface area (TPSA) is 111 Å². The zero-order valence-corrected chi connectivity index (χ0v) is 15.2. The molecular formula is C17H14Cl2FN3O4. The van der Waals surface area contributed by atoms with Gasteiger partial charge in [-0.15, -0.1) is 0 Å². The number of nitrogen functional groups attached to an aromatic ring is 1. The highest BCUT2D eigenvalue weighted by molar-refractivity contribution is 6.37. The fourth-order valence-corrected chi connectivity index (χ4v) is 2.42. The molecule has 27 heavy (non-hydrogen) atoms. The maximum absolute atomic E-state index is 12.8. The van der Waals surface area contributed by atoms with E-state index in [0.717, 1.165) is 0 Å². The first kappa shape index (κ1) is 20.5. The second-order valence-electron chi connectivity index (χ2n) is 5.26. The van der Waals surface area contributed by atoms with Crippen molar-refractivity contribution in [3.8, 4) is 0 Å². The molecule has 0 aromatic heterocycles. The molecule has 7 nitrogen and oxygen atoms in total. The Morgan fingerprint density at radius 2 is 1.74 bits per heavy atom. The first-order valence-corrected chi connectivity index (χ1v) is 8.25. The molecule has 142 valence electrons. The van der Waals surface area contributed by atoms with Gasteiger partial charge in [0, 0.05) is 10.7 Å². The number of hydrogen-bond donors (Lipinski definition) is 3. The Morgan fingerprint density at radius 3 is 2.41 bits per heavy atom. The monoisotopic (exact) mass is 413 g/mol. The lowest BCUT2D eigenvalue weighted by Gasteiger charge is -2.09. The van der Waals surface area contributed by atoms with E-state index in [2.05, 4.69) is 10.6 Å². The summed E-state index contributed by atoms with van der Waals surface area (Å²) < 4.78 is 17.6. The van der Waals surface area contributed by atoms with E-state index in [1.54, 1.807) is 0 Å². The smallest absolute Gasteiger partial charge is 0.340 e. The molecular weight excluding hydrogens is 400 g/mol. The summed E-state index contributed by atoms with van der Waals surface area (Å²) in [4.78, 5) is 35.4. The van der Waals surface area contributed by atoms with Crippen LogP contribution in [-0.2, 0) is 14.3 Å². The lowest BCUT2D eigenvalue weighted by Crippen LogP contribution is -2.35. The highest BCUT2D eigenvalue weighted by atomic mass is 35.5. The van der Waals surface area contributed by atoms with Gasteiger partial charge in [-0.25, -0.2) is 9.18 Å². The van der Waals surface area contributed by atoms with Crippen molar-refractivity contribution < 1.29 is 23.5 Å². The van der Waals surface area contributed by atoms with Crippen LogP contribution in [0.25, 0.3) is 0 Å².